The number of aromatic nitrogens is 2. The molecule has 2 heterocycles. The van der Waals surface area contributed by atoms with Crippen LogP contribution in [-0.2, 0) is 0 Å². The highest BCUT2D eigenvalue weighted by Crippen LogP contribution is 2.18. The third-order valence-corrected chi connectivity index (χ3v) is 2.64. The van der Waals surface area contributed by atoms with Crippen molar-refractivity contribution in [2.75, 3.05) is 23.7 Å². The molecule has 0 unspecified atom stereocenters. The molecule has 82 valence electrons. The van der Waals surface area contributed by atoms with E-state index in [1.54, 1.807) is 0 Å². The number of aryl methyl sites for hydroxylation is 1. The van der Waals surface area contributed by atoms with Crippen molar-refractivity contribution in [1.82, 2.24) is 9.97 Å². The first kappa shape index (κ1) is 10.2. The quantitative estimate of drug-likeness (QED) is 0.692. The van der Waals surface area contributed by atoms with Gasteiger partial charge in [0, 0.05) is 30.9 Å². The lowest BCUT2D eigenvalue weighted by Gasteiger charge is -2.31. The molecule has 0 amide bonds. The van der Waals surface area contributed by atoms with Crippen molar-refractivity contribution >= 4 is 11.8 Å². The summed E-state index contributed by atoms with van der Waals surface area (Å²) >= 11 is 0. The molecule has 0 saturated carbocycles. The second-order valence-electron chi connectivity index (χ2n) is 4.07. The van der Waals surface area contributed by atoms with Gasteiger partial charge in [0.1, 0.15) is 5.82 Å². The second-order valence-corrected chi connectivity index (χ2v) is 4.07. The average molecular weight is 207 g/mol. The number of nitrogen functional groups attached to an aromatic ring is 1. The Bertz CT molecular complexity index is 331. The first-order valence-electron chi connectivity index (χ1n) is 5.27. The van der Waals surface area contributed by atoms with E-state index in [2.05, 4.69) is 14.9 Å². The van der Waals surface area contributed by atoms with Crippen LogP contribution in [0.25, 0.3) is 0 Å². The van der Waals surface area contributed by atoms with Crippen molar-refractivity contribution < 1.29 is 0 Å². The molecule has 1 aliphatic rings. The van der Waals surface area contributed by atoms with E-state index in [-0.39, 0.29) is 6.04 Å². The number of nitrogens with two attached hydrogens (primary N) is 2. The molecule has 15 heavy (non-hydrogen) atoms. The molecule has 1 saturated heterocycles. The van der Waals surface area contributed by atoms with Gasteiger partial charge in [-0.05, 0) is 19.8 Å². The fourth-order valence-corrected chi connectivity index (χ4v) is 1.95. The summed E-state index contributed by atoms with van der Waals surface area (Å²) < 4.78 is 0. The fraction of sp³-hybridized carbons (Fsp3) is 0.600. The molecular formula is C10H17N5. The van der Waals surface area contributed by atoms with E-state index < -0.39 is 0 Å². The average Bonchev–Trinajstić information content (AvgIpc) is 2.16. The minimum Gasteiger partial charge on any atom is -0.368 e. The Morgan fingerprint density at radius 3 is 2.93 bits per heavy atom. The summed E-state index contributed by atoms with van der Waals surface area (Å²) in [5, 5.41) is 0. The van der Waals surface area contributed by atoms with Gasteiger partial charge in [-0.15, -0.1) is 0 Å². The number of hydrogen-bond donors (Lipinski definition) is 2. The van der Waals surface area contributed by atoms with Crippen LogP contribution in [-0.4, -0.2) is 29.1 Å². The highest BCUT2D eigenvalue weighted by atomic mass is 15.2. The number of nitrogens with zero attached hydrogens (tertiary/aromatic N) is 3. The molecule has 1 fully saturated rings. The standard InChI is InChI=1S/C10H17N5/c1-7-5-9(14-10(12)13-7)15-4-2-3-8(11)6-15/h5,8H,2-4,6,11H2,1H3,(H2,12,13,14)/t8-/m0/s1. The highest BCUT2D eigenvalue weighted by Gasteiger charge is 2.18. The van der Waals surface area contributed by atoms with Crippen LogP contribution in [0.15, 0.2) is 6.07 Å². The van der Waals surface area contributed by atoms with E-state index >= 15 is 0 Å². The van der Waals surface area contributed by atoms with E-state index in [1.165, 1.54) is 0 Å². The molecule has 0 radical (unpaired) electrons. The second kappa shape index (κ2) is 4.02. The van der Waals surface area contributed by atoms with Gasteiger partial charge in [0.25, 0.3) is 0 Å². The molecule has 5 heteroatoms. The van der Waals surface area contributed by atoms with Gasteiger partial charge in [-0.25, -0.2) is 4.98 Å². The Balaban J connectivity index is 2.20. The number of rotatable bonds is 1. The molecule has 1 aromatic heterocycles. The SMILES string of the molecule is Cc1cc(N2CCC[C@H](N)C2)nc(N)n1. The third kappa shape index (κ3) is 2.36. The van der Waals surface area contributed by atoms with Crippen molar-refractivity contribution in [3.63, 3.8) is 0 Å². The van der Waals surface area contributed by atoms with Crippen LogP contribution in [0.1, 0.15) is 18.5 Å². The number of hydrogen-bond acceptors (Lipinski definition) is 5. The van der Waals surface area contributed by atoms with Gasteiger partial charge in [-0.3, -0.25) is 0 Å². The Kier molecular flexibility index (Phi) is 2.73. The molecular weight excluding hydrogens is 190 g/mol. The van der Waals surface area contributed by atoms with E-state index in [0.717, 1.165) is 37.4 Å². The maximum atomic E-state index is 5.92. The van der Waals surface area contributed by atoms with Crippen molar-refractivity contribution in [3.8, 4) is 0 Å². The minimum atomic E-state index is 0.246. The van der Waals surface area contributed by atoms with Gasteiger partial charge in [0.15, 0.2) is 0 Å². The number of piperidine rings is 1. The van der Waals surface area contributed by atoms with Crippen LogP contribution in [0, 0.1) is 6.92 Å². The van der Waals surface area contributed by atoms with Gasteiger partial charge < -0.3 is 16.4 Å². The smallest absolute Gasteiger partial charge is 0.222 e. The maximum absolute atomic E-state index is 5.92. The van der Waals surface area contributed by atoms with E-state index in [1.807, 2.05) is 13.0 Å². The lowest BCUT2D eigenvalue weighted by molar-refractivity contribution is 0.503. The molecule has 1 aromatic rings. The van der Waals surface area contributed by atoms with Crippen molar-refractivity contribution in [2.45, 2.75) is 25.8 Å². The van der Waals surface area contributed by atoms with Gasteiger partial charge in [-0.2, -0.15) is 4.98 Å². The highest BCUT2D eigenvalue weighted by molar-refractivity contribution is 5.43. The monoisotopic (exact) mass is 207 g/mol. The summed E-state index contributed by atoms with van der Waals surface area (Å²) in [4.78, 5) is 10.5. The van der Waals surface area contributed by atoms with Crippen LogP contribution < -0.4 is 16.4 Å². The largest absolute Gasteiger partial charge is 0.368 e. The van der Waals surface area contributed by atoms with Crippen LogP contribution in [0.4, 0.5) is 11.8 Å². The molecule has 0 spiro atoms. The predicted octanol–water partition coefficient (Wildman–Crippen LogP) is 0.295. The van der Waals surface area contributed by atoms with E-state index in [4.69, 9.17) is 11.5 Å². The Morgan fingerprint density at radius 1 is 1.47 bits per heavy atom. The molecule has 1 atom stereocenters. The summed E-state index contributed by atoms with van der Waals surface area (Å²) in [5.41, 5.74) is 12.4. The van der Waals surface area contributed by atoms with Gasteiger partial charge in [-0.1, -0.05) is 0 Å². The molecule has 1 aliphatic heterocycles. The Morgan fingerprint density at radius 2 is 2.27 bits per heavy atom. The first-order valence-corrected chi connectivity index (χ1v) is 5.27. The Hall–Kier alpha value is -1.36. The summed E-state index contributed by atoms with van der Waals surface area (Å²) in [7, 11) is 0. The minimum absolute atomic E-state index is 0.246. The predicted molar refractivity (Wildman–Crippen MR) is 60.6 cm³/mol. The molecule has 4 N–H and O–H groups in total. The fourth-order valence-electron chi connectivity index (χ4n) is 1.95. The zero-order valence-corrected chi connectivity index (χ0v) is 8.98. The lowest BCUT2D eigenvalue weighted by Crippen LogP contribution is -2.43. The van der Waals surface area contributed by atoms with Crippen molar-refractivity contribution in [1.29, 1.82) is 0 Å². The summed E-state index contributed by atoms with van der Waals surface area (Å²) in [5.74, 6) is 1.24. The normalized spacial score (nSPS) is 21.7. The summed E-state index contributed by atoms with van der Waals surface area (Å²) in [6.07, 6.45) is 2.21. The van der Waals surface area contributed by atoms with Crippen LogP contribution >= 0.6 is 0 Å². The van der Waals surface area contributed by atoms with Crippen LogP contribution in [0.5, 0.6) is 0 Å². The topological polar surface area (TPSA) is 81.1 Å². The molecule has 5 nitrogen and oxygen atoms in total. The van der Waals surface area contributed by atoms with Gasteiger partial charge in [0.05, 0.1) is 0 Å². The lowest BCUT2D eigenvalue weighted by atomic mass is 10.1. The van der Waals surface area contributed by atoms with Crippen molar-refractivity contribution in [2.24, 2.45) is 5.73 Å². The zero-order valence-electron chi connectivity index (χ0n) is 8.98. The van der Waals surface area contributed by atoms with E-state index in [0.29, 0.717) is 5.95 Å². The first-order chi connectivity index (χ1) is 7.15. The molecule has 0 aliphatic carbocycles. The summed E-state index contributed by atoms with van der Waals surface area (Å²) in [6, 6.07) is 2.20. The zero-order chi connectivity index (χ0) is 10.8. The third-order valence-electron chi connectivity index (χ3n) is 2.64. The van der Waals surface area contributed by atoms with Gasteiger partial charge >= 0.3 is 0 Å². The van der Waals surface area contributed by atoms with E-state index in [9.17, 15) is 0 Å². The van der Waals surface area contributed by atoms with Crippen LogP contribution in [0.3, 0.4) is 0 Å². The molecule has 0 aromatic carbocycles. The number of anilines is 2. The molecule has 0 bridgehead atoms. The Labute approximate surface area is 89.5 Å². The molecule has 2 rings (SSSR count). The van der Waals surface area contributed by atoms with Crippen LogP contribution in [0.2, 0.25) is 0 Å². The van der Waals surface area contributed by atoms with Gasteiger partial charge in [0.2, 0.25) is 5.95 Å². The van der Waals surface area contributed by atoms with Crippen molar-refractivity contribution in [3.05, 3.63) is 11.8 Å². The summed E-state index contributed by atoms with van der Waals surface area (Å²) in [6.45, 7) is 3.78. The maximum Gasteiger partial charge on any atom is 0.222 e.